The largest absolute Gasteiger partial charge is 0.497 e. The minimum atomic E-state index is -1.49. The van der Waals surface area contributed by atoms with Crippen LogP contribution in [-0.2, 0) is 19.0 Å². The van der Waals surface area contributed by atoms with Gasteiger partial charge in [-0.15, -0.1) is 0 Å². The molecule has 0 spiro atoms. The van der Waals surface area contributed by atoms with Crippen molar-refractivity contribution in [1.82, 2.24) is 0 Å². The van der Waals surface area contributed by atoms with Crippen LogP contribution in [-0.4, -0.2) is 82.8 Å². The van der Waals surface area contributed by atoms with E-state index in [4.69, 9.17) is 18.9 Å². The molecule has 8 atom stereocenters. The van der Waals surface area contributed by atoms with E-state index in [0.29, 0.717) is 30.6 Å². The molecule has 3 unspecified atom stereocenters. The predicted molar refractivity (Wildman–Crippen MR) is 107 cm³/mol. The van der Waals surface area contributed by atoms with Crippen molar-refractivity contribution in [2.75, 3.05) is 13.7 Å². The number of carbonyl (C=O) groups is 1. The Morgan fingerprint density at radius 2 is 1.81 bits per heavy atom. The average Bonchev–Trinajstić information content (AvgIpc) is 2.80. The maximum Gasteiger partial charge on any atom is 0.186 e. The number of hydrogen-bond donors (Lipinski definition) is 4. The summed E-state index contributed by atoms with van der Waals surface area (Å²) >= 11 is 0. The Hall–Kier alpha value is -2.01. The van der Waals surface area contributed by atoms with Gasteiger partial charge in [-0.2, -0.15) is 0 Å². The van der Waals surface area contributed by atoms with E-state index in [1.165, 1.54) is 6.26 Å². The Labute approximate surface area is 179 Å². The van der Waals surface area contributed by atoms with Gasteiger partial charge in [-0.1, -0.05) is 12.1 Å². The van der Waals surface area contributed by atoms with E-state index in [9.17, 15) is 25.2 Å². The molecule has 4 rings (SSSR count). The van der Waals surface area contributed by atoms with Gasteiger partial charge in [0.25, 0.3) is 0 Å². The van der Waals surface area contributed by atoms with E-state index in [0.717, 1.165) is 5.56 Å². The minimum absolute atomic E-state index is 0.0210. The molecular formula is C22H28O9. The lowest BCUT2D eigenvalue weighted by Crippen LogP contribution is -2.60. The zero-order chi connectivity index (χ0) is 22.1. The first kappa shape index (κ1) is 22.2. The van der Waals surface area contributed by atoms with Gasteiger partial charge in [-0.3, -0.25) is 4.79 Å². The summed E-state index contributed by atoms with van der Waals surface area (Å²) in [6, 6.07) is 7.22. The monoisotopic (exact) mass is 436 g/mol. The zero-order valence-corrected chi connectivity index (χ0v) is 17.2. The molecule has 9 nitrogen and oxygen atoms in total. The highest BCUT2D eigenvalue weighted by Gasteiger charge is 2.47. The molecule has 1 saturated carbocycles. The normalized spacial score (nSPS) is 38.1. The van der Waals surface area contributed by atoms with Gasteiger partial charge in [0.15, 0.2) is 12.1 Å². The fourth-order valence-corrected chi connectivity index (χ4v) is 4.43. The molecule has 170 valence electrons. The fraction of sp³-hybridized carbons (Fsp3) is 0.591. The van der Waals surface area contributed by atoms with E-state index < -0.39 is 37.3 Å². The number of fused-ring (bicyclic) bond motifs is 1. The number of aliphatic hydroxyl groups is 4. The Bertz CT molecular complexity index is 806. The molecule has 1 aliphatic carbocycles. The Morgan fingerprint density at radius 3 is 2.48 bits per heavy atom. The first-order valence-corrected chi connectivity index (χ1v) is 10.4. The second-order valence-corrected chi connectivity index (χ2v) is 8.17. The molecule has 1 saturated heterocycles. The van der Waals surface area contributed by atoms with Crippen molar-refractivity contribution >= 4 is 11.4 Å². The van der Waals surface area contributed by atoms with E-state index in [1.54, 1.807) is 19.2 Å². The van der Waals surface area contributed by atoms with Crippen LogP contribution in [0.2, 0.25) is 0 Å². The lowest BCUT2D eigenvalue weighted by molar-refractivity contribution is -0.314. The van der Waals surface area contributed by atoms with E-state index >= 15 is 0 Å². The number of benzene rings is 1. The predicted octanol–water partition coefficient (Wildman–Crippen LogP) is -0.0108. The minimum Gasteiger partial charge on any atom is -0.497 e. The van der Waals surface area contributed by atoms with Crippen molar-refractivity contribution in [3.05, 3.63) is 36.1 Å². The fourth-order valence-electron chi connectivity index (χ4n) is 4.43. The van der Waals surface area contributed by atoms with E-state index in [2.05, 4.69) is 0 Å². The smallest absolute Gasteiger partial charge is 0.186 e. The average molecular weight is 436 g/mol. The van der Waals surface area contributed by atoms with Gasteiger partial charge in [-0.05, 0) is 30.5 Å². The van der Waals surface area contributed by atoms with Crippen molar-refractivity contribution in [2.24, 2.45) is 5.92 Å². The van der Waals surface area contributed by atoms with Crippen molar-refractivity contribution in [3.63, 3.8) is 0 Å². The number of carbonyl (C=O) groups excluding carboxylic acids is 1. The topological polar surface area (TPSA) is 135 Å². The van der Waals surface area contributed by atoms with Crippen LogP contribution in [0.5, 0.6) is 5.75 Å². The van der Waals surface area contributed by atoms with Gasteiger partial charge in [0.2, 0.25) is 0 Å². The van der Waals surface area contributed by atoms with Crippen LogP contribution < -0.4 is 4.74 Å². The molecule has 9 heteroatoms. The molecule has 31 heavy (non-hydrogen) atoms. The molecule has 1 aromatic rings. The van der Waals surface area contributed by atoms with Crippen molar-refractivity contribution in [3.8, 4) is 5.75 Å². The molecule has 3 aliphatic rings. The molecular weight excluding hydrogens is 408 g/mol. The highest BCUT2D eigenvalue weighted by Crippen LogP contribution is 2.38. The summed E-state index contributed by atoms with van der Waals surface area (Å²) in [5, 5.41) is 39.3. The lowest BCUT2D eigenvalue weighted by atomic mass is 9.78. The maximum atomic E-state index is 13.1. The first-order chi connectivity index (χ1) is 14.9. The van der Waals surface area contributed by atoms with Gasteiger partial charge >= 0.3 is 0 Å². The van der Waals surface area contributed by atoms with Gasteiger partial charge in [0, 0.05) is 6.42 Å². The summed E-state index contributed by atoms with van der Waals surface area (Å²) in [5.41, 5.74) is 1.29. The highest BCUT2D eigenvalue weighted by atomic mass is 16.7. The zero-order valence-electron chi connectivity index (χ0n) is 17.2. The van der Waals surface area contributed by atoms with Crippen LogP contribution in [0.1, 0.15) is 24.8 Å². The summed E-state index contributed by atoms with van der Waals surface area (Å²) in [6.45, 7) is -0.517. The quantitative estimate of drug-likeness (QED) is 0.503. The van der Waals surface area contributed by atoms with Gasteiger partial charge in [0.05, 0.1) is 37.6 Å². The third kappa shape index (κ3) is 4.34. The Morgan fingerprint density at radius 1 is 1.06 bits per heavy atom. The molecule has 0 aromatic heterocycles. The third-order valence-electron chi connectivity index (χ3n) is 6.28. The van der Waals surface area contributed by atoms with Crippen LogP contribution in [0, 0.1) is 5.92 Å². The number of allylic oxidation sites excluding steroid dienone is 1. The number of aliphatic hydroxyl groups excluding tert-OH is 4. The summed E-state index contributed by atoms with van der Waals surface area (Å²) in [4.78, 5) is 13.1. The highest BCUT2D eigenvalue weighted by molar-refractivity contribution is 6.22. The van der Waals surface area contributed by atoms with Crippen LogP contribution >= 0.6 is 0 Å². The first-order valence-electron chi connectivity index (χ1n) is 10.4. The summed E-state index contributed by atoms with van der Waals surface area (Å²) in [7, 11) is 1.58. The number of hydrogen-bond acceptors (Lipinski definition) is 9. The maximum absolute atomic E-state index is 13.1. The number of Topliss-reactive ketones (excluding diaryl/α,β-unsaturated/α-hetero) is 1. The molecule has 0 radical (unpaired) electrons. The third-order valence-corrected chi connectivity index (χ3v) is 6.28. The van der Waals surface area contributed by atoms with Crippen LogP contribution in [0.25, 0.3) is 5.57 Å². The number of methoxy groups -OCH3 is 1. The van der Waals surface area contributed by atoms with Crippen molar-refractivity contribution in [2.45, 2.75) is 62.2 Å². The number of rotatable bonds is 5. The molecule has 0 amide bonds. The standard InChI is InChI=1S/C22H28O9/c1-28-12-4-2-11(3-5-12)15-10-29-16-8-13(6-7-14(16)18(15)24)30-22-21(27)20(26)19(25)17(9-23)31-22/h2-5,10,13-14,16-17,19-23,25-27H,6-9H2,1H3/t13?,14?,16?,17-,19-,20+,21-,22-/m1/s1. The lowest BCUT2D eigenvalue weighted by Gasteiger charge is -2.43. The van der Waals surface area contributed by atoms with Crippen molar-refractivity contribution in [1.29, 1.82) is 0 Å². The molecule has 2 heterocycles. The molecule has 1 aromatic carbocycles. The van der Waals surface area contributed by atoms with Gasteiger partial charge < -0.3 is 39.4 Å². The van der Waals surface area contributed by atoms with E-state index in [-0.39, 0.29) is 23.9 Å². The van der Waals surface area contributed by atoms with Crippen LogP contribution in [0.3, 0.4) is 0 Å². The summed E-state index contributed by atoms with van der Waals surface area (Å²) < 4.78 is 22.3. The van der Waals surface area contributed by atoms with Gasteiger partial charge in [-0.25, -0.2) is 0 Å². The second-order valence-electron chi connectivity index (χ2n) is 8.17. The van der Waals surface area contributed by atoms with E-state index in [1.807, 2.05) is 12.1 Å². The second kappa shape index (κ2) is 9.23. The summed E-state index contributed by atoms with van der Waals surface area (Å²) in [5.74, 6) is 0.432. The number of ether oxygens (including phenoxy) is 4. The Balaban J connectivity index is 1.40. The molecule has 0 bridgehead atoms. The van der Waals surface area contributed by atoms with Crippen molar-refractivity contribution < 1.29 is 44.2 Å². The van der Waals surface area contributed by atoms with Crippen LogP contribution in [0.15, 0.2) is 30.5 Å². The summed E-state index contributed by atoms with van der Waals surface area (Å²) in [6.07, 6.45) is -4.34. The molecule has 2 aliphatic heterocycles. The SMILES string of the molecule is COc1ccc(C2=COC3CC(O[C@@H]4O[C@H](CO)[C@@H](O)[C@H](O)[C@H]4O)CCC3C2=O)cc1. The molecule has 4 N–H and O–H groups in total. The van der Waals surface area contributed by atoms with Gasteiger partial charge in [0.1, 0.15) is 36.3 Å². The molecule has 2 fully saturated rings. The number of ketones is 1. The van der Waals surface area contributed by atoms with Crippen LogP contribution in [0.4, 0.5) is 0 Å². The Kier molecular flexibility index (Phi) is 6.61.